The molecule has 0 unspecified atom stereocenters. The third kappa shape index (κ3) is 2.99. The second-order valence-corrected chi connectivity index (χ2v) is 7.77. The Morgan fingerprint density at radius 1 is 1.14 bits per heavy atom. The van der Waals surface area contributed by atoms with Gasteiger partial charge in [0, 0.05) is 4.47 Å². The summed E-state index contributed by atoms with van der Waals surface area (Å²) in [6, 6.07) is 10.4. The summed E-state index contributed by atoms with van der Waals surface area (Å²) in [7, 11) is -3.66. The Balaban J connectivity index is 2.01. The number of nitrogens with zero attached hydrogens (tertiary/aromatic N) is 2. The highest BCUT2D eigenvalue weighted by molar-refractivity contribution is 9.10. The van der Waals surface area contributed by atoms with Crippen LogP contribution in [0.25, 0.3) is 11.0 Å². The number of hydrogen-bond acceptors (Lipinski definition) is 5. The van der Waals surface area contributed by atoms with E-state index in [1.165, 1.54) is 0 Å². The Morgan fingerprint density at radius 2 is 1.91 bits per heavy atom. The Labute approximate surface area is 140 Å². The fraction of sp³-hybridized carbons (Fsp3) is 0.143. The van der Waals surface area contributed by atoms with Gasteiger partial charge in [0.2, 0.25) is 0 Å². The molecule has 0 atom stereocenters. The van der Waals surface area contributed by atoms with E-state index in [-0.39, 0.29) is 4.90 Å². The van der Waals surface area contributed by atoms with Crippen LogP contribution in [0.3, 0.4) is 0 Å². The van der Waals surface area contributed by atoms with Crippen molar-refractivity contribution in [3.63, 3.8) is 0 Å². The molecular weight excluding hydrogens is 386 g/mol. The molecule has 1 N–H and O–H groups in total. The molecule has 2 aromatic carbocycles. The standard InChI is InChI=1S/C14H12BrN3O2S2/c1-2-9-3-4-10(15)7-14(9)22(19,20)18-11-5-6-12-13(8-11)17-21-16-12/h3-8,18H,2H2,1H3. The summed E-state index contributed by atoms with van der Waals surface area (Å²) >= 11 is 4.42. The van der Waals surface area contributed by atoms with Gasteiger partial charge in [0.25, 0.3) is 10.0 Å². The Hall–Kier alpha value is -1.51. The van der Waals surface area contributed by atoms with Gasteiger partial charge in [0.15, 0.2) is 0 Å². The summed E-state index contributed by atoms with van der Waals surface area (Å²) in [5, 5.41) is 0. The van der Waals surface area contributed by atoms with Crippen molar-refractivity contribution in [3.8, 4) is 0 Å². The molecule has 0 aliphatic rings. The van der Waals surface area contributed by atoms with Gasteiger partial charge in [-0.25, -0.2) is 8.42 Å². The van der Waals surface area contributed by atoms with Crippen molar-refractivity contribution >= 4 is 54.4 Å². The molecule has 0 bridgehead atoms. The first-order chi connectivity index (χ1) is 10.5. The molecule has 8 heteroatoms. The highest BCUT2D eigenvalue weighted by Crippen LogP contribution is 2.25. The van der Waals surface area contributed by atoms with E-state index in [9.17, 15) is 8.42 Å². The second kappa shape index (κ2) is 5.94. The minimum Gasteiger partial charge on any atom is -0.280 e. The maximum Gasteiger partial charge on any atom is 0.262 e. The molecular formula is C14H12BrN3O2S2. The van der Waals surface area contributed by atoms with E-state index in [1.54, 1.807) is 24.3 Å². The smallest absolute Gasteiger partial charge is 0.262 e. The topological polar surface area (TPSA) is 72.0 Å². The SMILES string of the molecule is CCc1ccc(Br)cc1S(=O)(=O)Nc1ccc2nsnc2c1. The van der Waals surface area contributed by atoms with Gasteiger partial charge in [-0.15, -0.1) is 0 Å². The summed E-state index contributed by atoms with van der Waals surface area (Å²) in [5.74, 6) is 0. The third-order valence-corrected chi connectivity index (χ3v) is 5.72. The Kier molecular flexibility index (Phi) is 4.16. The van der Waals surface area contributed by atoms with Gasteiger partial charge in [-0.3, -0.25) is 4.72 Å². The molecule has 0 radical (unpaired) electrons. The molecule has 114 valence electrons. The molecule has 0 spiro atoms. The largest absolute Gasteiger partial charge is 0.280 e. The van der Waals surface area contributed by atoms with E-state index >= 15 is 0 Å². The van der Waals surface area contributed by atoms with Crippen molar-refractivity contribution in [1.29, 1.82) is 0 Å². The summed E-state index contributed by atoms with van der Waals surface area (Å²) in [4.78, 5) is 0.279. The van der Waals surface area contributed by atoms with E-state index in [0.29, 0.717) is 17.6 Å². The average Bonchev–Trinajstić information content (AvgIpc) is 2.94. The Morgan fingerprint density at radius 3 is 2.68 bits per heavy atom. The van der Waals surface area contributed by atoms with Crippen molar-refractivity contribution < 1.29 is 8.42 Å². The third-order valence-electron chi connectivity index (χ3n) is 3.21. The van der Waals surface area contributed by atoms with E-state index < -0.39 is 10.0 Å². The molecule has 0 aliphatic heterocycles. The monoisotopic (exact) mass is 397 g/mol. The molecule has 0 saturated heterocycles. The molecule has 0 aliphatic carbocycles. The van der Waals surface area contributed by atoms with Crippen LogP contribution in [0.15, 0.2) is 45.8 Å². The first-order valence-electron chi connectivity index (χ1n) is 6.53. The average molecular weight is 398 g/mol. The number of aryl methyl sites for hydroxylation is 1. The lowest BCUT2D eigenvalue weighted by Gasteiger charge is -2.12. The van der Waals surface area contributed by atoms with Crippen LogP contribution in [0.2, 0.25) is 0 Å². The number of nitrogens with one attached hydrogen (secondary N) is 1. The number of hydrogen-bond donors (Lipinski definition) is 1. The van der Waals surface area contributed by atoms with Gasteiger partial charge in [0.05, 0.1) is 22.3 Å². The minimum atomic E-state index is -3.66. The van der Waals surface area contributed by atoms with Crippen molar-refractivity contribution in [2.75, 3.05) is 4.72 Å². The van der Waals surface area contributed by atoms with Crippen LogP contribution in [0, 0.1) is 0 Å². The van der Waals surface area contributed by atoms with E-state index in [4.69, 9.17) is 0 Å². The Bertz CT molecular complexity index is 938. The molecule has 5 nitrogen and oxygen atoms in total. The molecule has 0 saturated carbocycles. The van der Waals surface area contributed by atoms with Gasteiger partial charge in [-0.1, -0.05) is 28.9 Å². The van der Waals surface area contributed by atoms with Crippen molar-refractivity contribution in [2.45, 2.75) is 18.2 Å². The van der Waals surface area contributed by atoms with Gasteiger partial charge in [-0.05, 0) is 42.3 Å². The maximum atomic E-state index is 12.6. The summed E-state index contributed by atoms with van der Waals surface area (Å²) < 4.78 is 36.8. The van der Waals surface area contributed by atoms with Gasteiger partial charge in [-0.2, -0.15) is 8.75 Å². The van der Waals surface area contributed by atoms with Crippen LogP contribution in [-0.4, -0.2) is 17.2 Å². The lowest BCUT2D eigenvalue weighted by molar-refractivity contribution is 0.600. The van der Waals surface area contributed by atoms with Crippen LogP contribution >= 0.6 is 27.7 Å². The first kappa shape index (κ1) is 15.4. The molecule has 1 heterocycles. The summed E-state index contributed by atoms with van der Waals surface area (Å²) in [6.07, 6.45) is 0.637. The van der Waals surface area contributed by atoms with Crippen molar-refractivity contribution in [2.24, 2.45) is 0 Å². The lowest BCUT2D eigenvalue weighted by atomic mass is 10.2. The van der Waals surface area contributed by atoms with E-state index in [0.717, 1.165) is 27.3 Å². The van der Waals surface area contributed by atoms with Crippen LogP contribution in [0.5, 0.6) is 0 Å². The van der Waals surface area contributed by atoms with Crippen LogP contribution in [-0.2, 0) is 16.4 Å². The number of rotatable bonds is 4. The zero-order chi connectivity index (χ0) is 15.7. The van der Waals surface area contributed by atoms with Gasteiger partial charge >= 0.3 is 0 Å². The number of anilines is 1. The van der Waals surface area contributed by atoms with Crippen LogP contribution in [0.4, 0.5) is 5.69 Å². The lowest BCUT2D eigenvalue weighted by Crippen LogP contribution is -2.15. The molecule has 0 amide bonds. The van der Waals surface area contributed by atoms with Crippen molar-refractivity contribution in [3.05, 3.63) is 46.4 Å². The number of sulfonamides is 1. The number of aromatic nitrogens is 2. The summed E-state index contributed by atoms with van der Waals surface area (Å²) in [5.41, 5.74) is 2.68. The number of benzene rings is 2. The predicted octanol–water partition coefficient (Wildman–Crippen LogP) is 3.82. The second-order valence-electron chi connectivity index (χ2n) is 4.68. The fourth-order valence-electron chi connectivity index (χ4n) is 2.13. The minimum absolute atomic E-state index is 0.279. The molecule has 1 aromatic heterocycles. The molecule has 3 rings (SSSR count). The van der Waals surface area contributed by atoms with Crippen LogP contribution < -0.4 is 4.72 Å². The predicted molar refractivity (Wildman–Crippen MR) is 91.7 cm³/mol. The molecule has 3 aromatic rings. The first-order valence-corrected chi connectivity index (χ1v) is 9.54. The zero-order valence-corrected chi connectivity index (χ0v) is 14.8. The zero-order valence-electron chi connectivity index (χ0n) is 11.6. The molecule has 22 heavy (non-hydrogen) atoms. The normalized spacial score (nSPS) is 11.7. The highest BCUT2D eigenvalue weighted by atomic mass is 79.9. The van der Waals surface area contributed by atoms with E-state index in [2.05, 4.69) is 29.4 Å². The van der Waals surface area contributed by atoms with Crippen molar-refractivity contribution in [1.82, 2.24) is 8.75 Å². The van der Waals surface area contributed by atoms with Crippen LogP contribution in [0.1, 0.15) is 12.5 Å². The highest BCUT2D eigenvalue weighted by Gasteiger charge is 2.18. The number of fused-ring (bicyclic) bond motifs is 1. The van der Waals surface area contributed by atoms with E-state index in [1.807, 2.05) is 19.1 Å². The summed E-state index contributed by atoms with van der Waals surface area (Å²) in [6.45, 7) is 1.93. The maximum absolute atomic E-state index is 12.6. The van der Waals surface area contributed by atoms with Gasteiger partial charge in [0.1, 0.15) is 11.0 Å². The van der Waals surface area contributed by atoms with Gasteiger partial charge < -0.3 is 0 Å². The quantitative estimate of drug-likeness (QED) is 0.725. The fourth-order valence-corrected chi connectivity index (χ4v) is 4.54. The molecule has 0 fully saturated rings. The number of halogens is 1.